The third kappa shape index (κ3) is 2.50. The first-order valence-corrected chi connectivity index (χ1v) is 5.70. The van der Waals surface area contributed by atoms with Crippen LogP contribution in [0.5, 0.6) is 0 Å². The first-order valence-electron chi connectivity index (χ1n) is 5.70. The third-order valence-electron chi connectivity index (χ3n) is 3.27. The Morgan fingerprint density at radius 2 is 2.06 bits per heavy atom. The number of nitrogens with two attached hydrogens (primary N) is 1. The topological polar surface area (TPSA) is 54.2 Å². The number of alkyl halides is 3. The van der Waals surface area contributed by atoms with Gasteiger partial charge in [0.05, 0.1) is 5.56 Å². The molecule has 1 heterocycles. The van der Waals surface area contributed by atoms with Gasteiger partial charge in [0.25, 0.3) is 0 Å². The minimum absolute atomic E-state index is 0.0194. The summed E-state index contributed by atoms with van der Waals surface area (Å²) in [4.78, 5) is 5.84. The van der Waals surface area contributed by atoms with E-state index in [1.807, 2.05) is 0 Å². The Bertz CT molecular complexity index is 429. The molecule has 1 aromatic rings. The number of halogens is 3. The molecule has 100 valence electrons. The maximum atomic E-state index is 12.7. The van der Waals surface area contributed by atoms with Crippen LogP contribution in [0, 0.1) is 0 Å². The van der Waals surface area contributed by atoms with Gasteiger partial charge in [-0.25, -0.2) is 10.8 Å². The SMILES string of the molecule is CN(c1cc(C(F)(F)F)cc(NN)n1)C1CCC1. The highest BCUT2D eigenvalue weighted by Crippen LogP contribution is 2.34. The first kappa shape index (κ1) is 12.9. The minimum atomic E-state index is -4.40. The van der Waals surface area contributed by atoms with E-state index in [4.69, 9.17) is 5.84 Å². The molecule has 1 aliphatic rings. The van der Waals surface area contributed by atoms with Crippen molar-refractivity contribution >= 4 is 11.6 Å². The van der Waals surface area contributed by atoms with Crippen LogP contribution in [0.15, 0.2) is 12.1 Å². The second kappa shape index (κ2) is 4.64. The van der Waals surface area contributed by atoms with Crippen LogP contribution in [-0.4, -0.2) is 18.1 Å². The van der Waals surface area contributed by atoms with Gasteiger partial charge >= 0.3 is 6.18 Å². The summed E-state index contributed by atoms with van der Waals surface area (Å²) in [5.74, 6) is 5.47. The number of nitrogen functional groups attached to an aromatic ring is 1. The van der Waals surface area contributed by atoms with Crippen molar-refractivity contribution in [3.05, 3.63) is 17.7 Å². The van der Waals surface area contributed by atoms with Gasteiger partial charge in [0.2, 0.25) is 0 Å². The van der Waals surface area contributed by atoms with Gasteiger partial charge in [-0.15, -0.1) is 0 Å². The van der Waals surface area contributed by atoms with Gasteiger partial charge in [-0.2, -0.15) is 13.2 Å². The highest BCUT2D eigenvalue weighted by atomic mass is 19.4. The summed E-state index contributed by atoms with van der Waals surface area (Å²) in [6.07, 6.45) is -1.32. The van der Waals surface area contributed by atoms with Crippen molar-refractivity contribution in [3.8, 4) is 0 Å². The lowest BCUT2D eigenvalue weighted by Crippen LogP contribution is -2.37. The summed E-state index contributed by atoms with van der Waals surface area (Å²) >= 11 is 0. The van der Waals surface area contributed by atoms with Crippen LogP contribution in [-0.2, 0) is 6.18 Å². The predicted molar refractivity (Wildman–Crippen MR) is 63.1 cm³/mol. The molecule has 0 unspecified atom stereocenters. The number of nitrogens with one attached hydrogen (secondary N) is 1. The van der Waals surface area contributed by atoms with E-state index in [1.54, 1.807) is 11.9 Å². The molecule has 3 N–H and O–H groups in total. The maximum absolute atomic E-state index is 12.7. The van der Waals surface area contributed by atoms with Crippen molar-refractivity contribution in [2.45, 2.75) is 31.5 Å². The maximum Gasteiger partial charge on any atom is 0.416 e. The minimum Gasteiger partial charge on any atom is -0.357 e. The average Bonchev–Trinajstić information content (AvgIpc) is 2.24. The third-order valence-corrected chi connectivity index (χ3v) is 3.27. The Labute approximate surface area is 103 Å². The van der Waals surface area contributed by atoms with E-state index >= 15 is 0 Å². The Kier molecular flexibility index (Phi) is 3.34. The lowest BCUT2D eigenvalue weighted by atomic mass is 9.92. The molecule has 18 heavy (non-hydrogen) atoms. The molecule has 1 aromatic heterocycles. The summed E-state index contributed by atoms with van der Waals surface area (Å²) in [5.41, 5.74) is 1.43. The second-order valence-electron chi connectivity index (χ2n) is 4.44. The smallest absolute Gasteiger partial charge is 0.357 e. The van der Waals surface area contributed by atoms with Crippen molar-refractivity contribution in [2.24, 2.45) is 5.84 Å². The molecule has 2 rings (SSSR count). The Morgan fingerprint density at radius 1 is 1.39 bits per heavy atom. The van der Waals surface area contributed by atoms with E-state index in [0.717, 1.165) is 31.4 Å². The number of pyridine rings is 1. The molecule has 1 aliphatic carbocycles. The van der Waals surface area contributed by atoms with Gasteiger partial charge in [-0.05, 0) is 31.4 Å². The molecule has 1 fully saturated rings. The molecule has 0 aliphatic heterocycles. The average molecular weight is 260 g/mol. The fourth-order valence-electron chi connectivity index (χ4n) is 1.90. The molecular weight excluding hydrogens is 245 g/mol. The normalized spacial score (nSPS) is 16.3. The van der Waals surface area contributed by atoms with Gasteiger partial charge < -0.3 is 10.3 Å². The monoisotopic (exact) mass is 260 g/mol. The van der Waals surface area contributed by atoms with Crippen molar-refractivity contribution in [1.29, 1.82) is 0 Å². The molecule has 1 saturated carbocycles. The highest BCUT2D eigenvalue weighted by Gasteiger charge is 2.33. The number of hydrogen-bond acceptors (Lipinski definition) is 4. The zero-order valence-corrected chi connectivity index (χ0v) is 9.96. The summed E-state index contributed by atoms with van der Waals surface area (Å²) < 4.78 is 38.2. The number of rotatable bonds is 3. The molecule has 0 amide bonds. The lowest BCUT2D eigenvalue weighted by Gasteiger charge is -2.35. The number of nitrogens with zero attached hydrogens (tertiary/aromatic N) is 2. The molecule has 0 aromatic carbocycles. The molecule has 0 saturated heterocycles. The van der Waals surface area contributed by atoms with Crippen LogP contribution in [0.3, 0.4) is 0 Å². The van der Waals surface area contributed by atoms with Crippen LogP contribution in [0.4, 0.5) is 24.8 Å². The van der Waals surface area contributed by atoms with Crippen LogP contribution < -0.4 is 16.2 Å². The van der Waals surface area contributed by atoms with E-state index in [0.29, 0.717) is 5.82 Å². The van der Waals surface area contributed by atoms with Gasteiger partial charge in [-0.3, -0.25) is 0 Å². The summed E-state index contributed by atoms with van der Waals surface area (Å²) in [5, 5.41) is 0. The van der Waals surface area contributed by atoms with Crippen LogP contribution >= 0.6 is 0 Å². The number of hydrogen-bond donors (Lipinski definition) is 2. The zero-order chi connectivity index (χ0) is 13.3. The standard InChI is InChI=1S/C11H15F3N4/c1-18(8-3-2-4-8)10-6-7(11(12,13)14)5-9(16-10)17-15/h5-6,8H,2-4,15H2,1H3,(H,16,17). The number of hydrazine groups is 1. The number of anilines is 2. The summed E-state index contributed by atoms with van der Waals surface area (Å²) in [6.45, 7) is 0. The van der Waals surface area contributed by atoms with Crippen molar-refractivity contribution in [3.63, 3.8) is 0 Å². The Morgan fingerprint density at radius 3 is 2.50 bits per heavy atom. The van der Waals surface area contributed by atoms with Gasteiger partial charge in [0.1, 0.15) is 11.6 Å². The van der Waals surface area contributed by atoms with E-state index < -0.39 is 11.7 Å². The first-order chi connectivity index (χ1) is 8.41. The molecule has 0 spiro atoms. The van der Waals surface area contributed by atoms with Crippen LogP contribution in [0.25, 0.3) is 0 Å². The molecule has 0 radical (unpaired) electrons. The van der Waals surface area contributed by atoms with Gasteiger partial charge in [0.15, 0.2) is 0 Å². The second-order valence-corrected chi connectivity index (χ2v) is 4.44. The molecule has 0 atom stereocenters. The zero-order valence-electron chi connectivity index (χ0n) is 9.96. The van der Waals surface area contributed by atoms with E-state index in [2.05, 4.69) is 10.4 Å². The predicted octanol–water partition coefficient (Wildman–Crippen LogP) is 2.37. The molecule has 0 bridgehead atoms. The van der Waals surface area contributed by atoms with Crippen LogP contribution in [0.1, 0.15) is 24.8 Å². The van der Waals surface area contributed by atoms with E-state index in [9.17, 15) is 13.2 Å². The fourth-order valence-corrected chi connectivity index (χ4v) is 1.90. The Balaban J connectivity index is 2.34. The van der Waals surface area contributed by atoms with Gasteiger partial charge in [0, 0.05) is 13.1 Å². The number of aromatic nitrogens is 1. The van der Waals surface area contributed by atoms with Crippen LogP contribution in [0.2, 0.25) is 0 Å². The van der Waals surface area contributed by atoms with E-state index in [-0.39, 0.29) is 11.9 Å². The molecule has 4 nitrogen and oxygen atoms in total. The van der Waals surface area contributed by atoms with E-state index in [1.165, 1.54) is 0 Å². The van der Waals surface area contributed by atoms with Crippen molar-refractivity contribution in [1.82, 2.24) is 4.98 Å². The van der Waals surface area contributed by atoms with Crippen molar-refractivity contribution < 1.29 is 13.2 Å². The summed E-state index contributed by atoms with van der Waals surface area (Å²) in [6, 6.07) is 2.23. The molecular formula is C11H15F3N4. The summed E-state index contributed by atoms with van der Waals surface area (Å²) in [7, 11) is 1.76. The largest absolute Gasteiger partial charge is 0.416 e. The highest BCUT2D eigenvalue weighted by molar-refractivity contribution is 5.51. The lowest BCUT2D eigenvalue weighted by molar-refractivity contribution is -0.137. The molecule has 7 heteroatoms. The quantitative estimate of drug-likeness (QED) is 0.647. The Hall–Kier alpha value is -1.50. The van der Waals surface area contributed by atoms with Crippen molar-refractivity contribution in [2.75, 3.05) is 17.4 Å². The fraction of sp³-hybridized carbons (Fsp3) is 0.545. The van der Waals surface area contributed by atoms with Gasteiger partial charge in [-0.1, -0.05) is 0 Å².